The minimum absolute atomic E-state index is 0.158. The Morgan fingerprint density at radius 3 is 2.77 bits per heavy atom. The molecule has 3 aromatic rings. The van der Waals surface area contributed by atoms with Gasteiger partial charge in [0, 0.05) is 12.6 Å². The third-order valence-corrected chi connectivity index (χ3v) is 3.99. The third kappa shape index (κ3) is 2.30. The number of nitrogens with two attached hydrogens (primary N) is 1. The van der Waals surface area contributed by atoms with E-state index in [0.717, 1.165) is 0 Å². The van der Waals surface area contributed by atoms with Crippen LogP contribution in [0.1, 0.15) is 5.01 Å². The minimum atomic E-state index is -0.371. The molecule has 0 saturated heterocycles. The Morgan fingerprint density at radius 1 is 1.27 bits per heavy atom. The van der Waals surface area contributed by atoms with Crippen LogP contribution in [0, 0.1) is 0 Å². The van der Waals surface area contributed by atoms with Crippen molar-refractivity contribution in [2.45, 2.75) is 6.54 Å². The van der Waals surface area contributed by atoms with Gasteiger partial charge in [-0.25, -0.2) is 0 Å². The molecule has 9 heteroatoms. The molecule has 2 aromatic heterocycles. The number of ether oxygens (including phenoxy) is 2. The Hall–Kier alpha value is -2.52. The molecule has 114 valence electrons. The van der Waals surface area contributed by atoms with E-state index in [-0.39, 0.29) is 17.8 Å². The van der Waals surface area contributed by atoms with E-state index < -0.39 is 0 Å². The zero-order chi connectivity index (χ0) is 15.7. The van der Waals surface area contributed by atoms with E-state index in [1.54, 1.807) is 25.3 Å². The summed E-state index contributed by atoms with van der Waals surface area (Å²) >= 11 is 1.23. The second kappa shape index (κ2) is 5.70. The van der Waals surface area contributed by atoms with Crippen LogP contribution in [0.4, 0.5) is 0 Å². The predicted octanol–water partition coefficient (Wildman–Crippen LogP) is 0.689. The molecular weight excluding hydrogens is 306 g/mol. The molecule has 0 atom stereocenters. The molecule has 2 heterocycles. The van der Waals surface area contributed by atoms with E-state index in [0.29, 0.717) is 27.0 Å². The fourth-order valence-corrected chi connectivity index (χ4v) is 2.71. The fourth-order valence-electron chi connectivity index (χ4n) is 2.00. The van der Waals surface area contributed by atoms with E-state index >= 15 is 0 Å². The quantitative estimate of drug-likeness (QED) is 0.754. The lowest BCUT2D eigenvalue weighted by Crippen LogP contribution is -2.19. The van der Waals surface area contributed by atoms with Gasteiger partial charge >= 0.3 is 5.56 Å². The van der Waals surface area contributed by atoms with Gasteiger partial charge in [-0.3, -0.25) is 4.79 Å². The van der Waals surface area contributed by atoms with E-state index in [1.807, 2.05) is 0 Å². The first kappa shape index (κ1) is 14.4. The summed E-state index contributed by atoms with van der Waals surface area (Å²) in [6.45, 7) is 0.245. The molecule has 22 heavy (non-hydrogen) atoms. The molecule has 0 saturated carbocycles. The number of methoxy groups -OCH3 is 2. The molecule has 0 fully saturated rings. The largest absolute Gasteiger partial charge is 0.497 e. The summed E-state index contributed by atoms with van der Waals surface area (Å²) in [4.78, 5) is 13.0. The van der Waals surface area contributed by atoms with Crippen LogP contribution in [-0.2, 0) is 6.54 Å². The molecule has 0 bridgehead atoms. The SMILES string of the molecule is COc1ccc(-c2nnc3sc(CN)nn3c2=O)c(OC)c1. The van der Waals surface area contributed by atoms with Gasteiger partial charge in [0.15, 0.2) is 5.69 Å². The predicted molar refractivity (Wildman–Crippen MR) is 81.4 cm³/mol. The summed E-state index contributed by atoms with van der Waals surface area (Å²) in [5, 5.41) is 12.8. The highest BCUT2D eigenvalue weighted by Crippen LogP contribution is 2.30. The van der Waals surface area contributed by atoms with Gasteiger partial charge in [0.05, 0.1) is 19.8 Å². The summed E-state index contributed by atoms with van der Waals surface area (Å²) in [6, 6.07) is 5.10. The first-order chi connectivity index (χ1) is 10.7. The van der Waals surface area contributed by atoms with Crippen molar-refractivity contribution >= 4 is 16.3 Å². The summed E-state index contributed by atoms with van der Waals surface area (Å²) in [5.74, 6) is 1.09. The third-order valence-electron chi connectivity index (χ3n) is 3.07. The van der Waals surface area contributed by atoms with Gasteiger partial charge in [0.25, 0.3) is 0 Å². The van der Waals surface area contributed by atoms with Crippen molar-refractivity contribution in [2.24, 2.45) is 5.73 Å². The van der Waals surface area contributed by atoms with Crippen molar-refractivity contribution in [3.63, 3.8) is 0 Å². The minimum Gasteiger partial charge on any atom is -0.497 e. The average molecular weight is 319 g/mol. The van der Waals surface area contributed by atoms with Gasteiger partial charge in [0.2, 0.25) is 4.96 Å². The van der Waals surface area contributed by atoms with Crippen molar-refractivity contribution in [2.75, 3.05) is 14.2 Å². The van der Waals surface area contributed by atoms with Gasteiger partial charge in [-0.1, -0.05) is 11.3 Å². The fraction of sp³-hybridized carbons (Fsp3) is 0.231. The maximum Gasteiger partial charge on any atom is 0.302 e. The van der Waals surface area contributed by atoms with E-state index in [9.17, 15) is 4.79 Å². The normalized spacial score (nSPS) is 10.9. The molecule has 0 aliphatic rings. The number of benzene rings is 1. The van der Waals surface area contributed by atoms with Crippen molar-refractivity contribution in [1.82, 2.24) is 19.8 Å². The summed E-state index contributed by atoms with van der Waals surface area (Å²) < 4.78 is 11.7. The van der Waals surface area contributed by atoms with Crippen molar-refractivity contribution in [1.29, 1.82) is 0 Å². The highest BCUT2D eigenvalue weighted by atomic mass is 32.1. The Labute approximate surface area is 129 Å². The van der Waals surface area contributed by atoms with Crippen molar-refractivity contribution in [3.8, 4) is 22.8 Å². The smallest absolute Gasteiger partial charge is 0.302 e. The molecule has 3 rings (SSSR count). The van der Waals surface area contributed by atoms with Crippen molar-refractivity contribution < 1.29 is 9.47 Å². The van der Waals surface area contributed by atoms with Crippen LogP contribution >= 0.6 is 11.3 Å². The zero-order valence-corrected chi connectivity index (χ0v) is 12.8. The molecule has 0 aliphatic carbocycles. The average Bonchev–Trinajstić information content (AvgIpc) is 2.99. The monoisotopic (exact) mass is 319 g/mol. The highest BCUT2D eigenvalue weighted by molar-refractivity contribution is 7.16. The number of hydrogen-bond acceptors (Lipinski definition) is 8. The van der Waals surface area contributed by atoms with Crippen molar-refractivity contribution in [3.05, 3.63) is 33.6 Å². The maximum atomic E-state index is 12.6. The number of fused-ring (bicyclic) bond motifs is 1. The zero-order valence-electron chi connectivity index (χ0n) is 11.9. The van der Waals surface area contributed by atoms with Crippen LogP contribution in [0.2, 0.25) is 0 Å². The summed E-state index contributed by atoms with van der Waals surface area (Å²) in [5.41, 5.74) is 5.85. The van der Waals surface area contributed by atoms with E-state index in [4.69, 9.17) is 15.2 Å². The van der Waals surface area contributed by atoms with Crippen LogP contribution in [0.5, 0.6) is 11.5 Å². The van der Waals surface area contributed by atoms with Gasteiger partial charge in [-0.15, -0.1) is 10.2 Å². The lowest BCUT2D eigenvalue weighted by molar-refractivity contribution is 0.395. The van der Waals surface area contributed by atoms with E-state index in [2.05, 4.69) is 15.3 Å². The number of aromatic nitrogens is 4. The van der Waals surface area contributed by atoms with Crippen LogP contribution in [0.15, 0.2) is 23.0 Å². The van der Waals surface area contributed by atoms with Gasteiger partial charge < -0.3 is 15.2 Å². The van der Waals surface area contributed by atoms with E-state index in [1.165, 1.54) is 23.0 Å². The number of hydrogen-bond donors (Lipinski definition) is 1. The number of rotatable bonds is 4. The summed E-state index contributed by atoms with van der Waals surface area (Å²) in [7, 11) is 3.07. The summed E-state index contributed by atoms with van der Waals surface area (Å²) in [6.07, 6.45) is 0. The first-order valence-electron chi connectivity index (χ1n) is 6.35. The molecule has 8 nitrogen and oxygen atoms in total. The highest BCUT2D eigenvalue weighted by Gasteiger charge is 2.17. The van der Waals surface area contributed by atoms with Crippen LogP contribution < -0.4 is 20.8 Å². The molecule has 0 spiro atoms. The Bertz CT molecular complexity index is 889. The molecule has 0 radical (unpaired) electrons. The molecule has 1 aromatic carbocycles. The van der Waals surface area contributed by atoms with Gasteiger partial charge in [0.1, 0.15) is 16.5 Å². The lowest BCUT2D eigenvalue weighted by Gasteiger charge is -2.08. The molecular formula is C13H13N5O3S. The van der Waals surface area contributed by atoms with Gasteiger partial charge in [-0.05, 0) is 12.1 Å². The molecule has 0 unspecified atom stereocenters. The maximum absolute atomic E-state index is 12.6. The second-order valence-electron chi connectivity index (χ2n) is 4.31. The van der Waals surface area contributed by atoms with Gasteiger partial charge in [-0.2, -0.15) is 9.61 Å². The number of nitrogens with zero attached hydrogens (tertiary/aromatic N) is 4. The molecule has 0 amide bonds. The lowest BCUT2D eigenvalue weighted by atomic mass is 10.1. The topological polar surface area (TPSA) is 105 Å². The van der Waals surface area contributed by atoms with Crippen LogP contribution in [0.3, 0.4) is 0 Å². The molecule has 0 aliphatic heterocycles. The second-order valence-corrected chi connectivity index (χ2v) is 5.35. The Kier molecular flexibility index (Phi) is 3.73. The first-order valence-corrected chi connectivity index (χ1v) is 7.17. The Balaban J connectivity index is 2.22. The standard InChI is InChI=1S/C13H13N5O3S/c1-20-7-3-4-8(9(5-7)21-2)11-12(19)18-13(16-15-11)22-10(6-14)17-18/h3-5H,6,14H2,1-2H3. The molecule has 2 N–H and O–H groups in total. The van der Waals surface area contributed by atoms with Crippen LogP contribution in [-0.4, -0.2) is 34.0 Å². The van der Waals surface area contributed by atoms with Crippen LogP contribution in [0.25, 0.3) is 16.2 Å². The Morgan fingerprint density at radius 2 is 2.09 bits per heavy atom.